The van der Waals surface area contributed by atoms with Gasteiger partial charge in [0.05, 0.1) is 11.9 Å². The normalized spacial score (nSPS) is 14.2. The predicted molar refractivity (Wildman–Crippen MR) is 82.2 cm³/mol. The minimum absolute atomic E-state index is 0.154. The molecule has 0 radical (unpaired) electrons. The Bertz CT molecular complexity index is 538. The second-order valence-corrected chi connectivity index (χ2v) is 8.13. The van der Waals surface area contributed by atoms with E-state index in [1.54, 1.807) is 24.3 Å². The molecule has 20 heavy (non-hydrogen) atoms. The summed E-state index contributed by atoms with van der Waals surface area (Å²) < 4.78 is 26.4. The zero-order valence-electron chi connectivity index (χ0n) is 12.1. The van der Waals surface area contributed by atoms with Crippen molar-refractivity contribution < 1.29 is 13.5 Å². The van der Waals surface area contributed by atoms with Gasteiger partial charge in [0.1, 0.15) is 0 Å². The number of nitrogens with one attached hydrogen (secondary N) is 1. The lowest BCUT2D eigenvalue weighted by atomic mass is 9.87. The van der Waals surface area contributed by atoms with Crippen molar-refractivity contribution in [1.29, 1.82) is 0 Å². The van der Waals surface area contributed by atoms with E-state index in [-0.39, 0.29) is 17.7 Å². The third kappa shape index (κ3) is 5.79. The molecule has 1 atom stereocenters. The number of hydrogen-bond acceptors (Lipinski definition) is 3. The molecule has 1 rings (SSSR count). The molecule has 6 heteroatoms. The van der Waals surface area contributed by atoms with Gasteiger partial charge in [-0.25, -0.2) is 13.1 Å². The van der Waals surface area contributed by atoms with Crippen LogP contribution in [0.3, 0.4) is 0 Å². The van der Waals surface area contributed by atoms with Gasteiger partial charge in [-0.1, -0.05) is 50.6 Å². The standard InChI is InChI=1S/C14H22ClNO3S/c1-14(2,3)13(17)8-9-16-20(18,19)10-11-6-4-5-7-12(11)15/h4-7,13,16-17H,8-10H2,1-3H3. The second-order valence-electron chi connectivity index (χ2n) is 5.92. The highest BCUT2D eigenvalue weighted by Gasteiger charge is 2.22. The molecule has 0 aliphatic heterocycles. The molecule has 4 nitrogen and oxygen atoms in total. The quantitative estimate of drug-likeness (QED) is 0.847. The number of sulfonamides is 1. The molecule has 0 saturated carbocycles. The van der Waals surface area contributed by atoms with Gasteiger partial charge in [-0.3, -0.25) is 0 Å². The van der Waals surface area contributed by atoms with Gasteiger partial charge < -0.3 is 5.11 Å². The molecule has 0 aromatic heterocycles. The van der Waals surface area contributed by atoms with E-state index < -0.39 is 16.1 Å². The first-order valence-corrected chi connectivity index (χ1v) is 8.53. The van der Waals surface area contributed by atoms with Crippen LogP contribution in [0.25, 0.3) is 0 Å². The van der Waals surface area contributed by atoms with Gasteiger partial charge in [-0.05, 0) is 23.5 Å². The summed E-state index contributed by atoms with van der Waals surface area (Å²) in [5, 5.41) is 10.3. The van der Waals surface area contributed by atoms with E-state index in [1.165, 1.54) is 0 Å². The highest BCUT2D eigenvalue weighted by atomic mass is 35.5. The average molecular weight is 320 g/mol. The van der Waals surface area contributed by atoms with Gasteiger partial charge in [0, 0.05) is 11.6 Å². The minimum Gasteiger partial charge on any atom is -0.393 e. The summed E-state index contributed by atoms with van der Waals surface area (Å²) in [6.07, 6.45) is -0.170. The lowest BCUT2D eigenvalue weighted by Crippen LogP contribution is -2.33. The summed E-state index contributed by atoms with van der Waals surface area (Å²) >= 11 is 5.94. The summed E-state index contributed by atoms with van der Waals surface area (Å²) in [6, 6.07) is 6.85. The fourth-order valence-corrected chi connectivity index (χ4v) is 3.13. The van der Waals surface area contributed by atoms with Gasteiger partial charge in [-0.2, -0.15) is 0 Å². The Morgan fingerprint density at radius 1 is 1.30 bits per heavy atom. The molecule has 114 valence electrons. The Morgan fingerprint density at radius 2 is 1.90 bits per heavy atom. The highest BCUT2D eigenvalue weighted by molar-refractivity contribution is 7.88. The van der Waals surface area contributed by atoms with E-state index >= 15 is 0 Å². The van der Waals surface area contributed by atoms with Crippen LogP contribution in [0.1, 0.15) is 32.8 Å². The fourth-order valence-electron chi connectivity index (χ4n) is 1.66. The van der Waals surface area contributed by atoms with Crippen LogP contribution in [0.2, 0.25) is 5.02 Å². The van der Waals surface area contributed by atoms with Crippen LogP contribution in [-0.2, 0) is 15.8 Å². The Labute approximate surface area is 126 Å². The molecule has 0 heterocycles. The molecule has 1 aromatic carbocycles. The summed E-state index contributed by atoms with van der Waals surface area (Å²) in [5.74, 6) is -0.154. The lowest BCUT2D eigenvalue weighted by molar-refractivity contribution is 0.0571. The third-order valence-corrected chi connectivity index (χ3v) is 4.75. The molecule has 0 fully saturated rings. The van der Waals surface area contributed by atoms with Gasteiger partial charge in [0.2, 0.25) is 10.0 Å². The minimum atomic E-state index is -3.44. The van der Waals surface area contributed by atoms with Crippen molar-refractivity contribution in [3.63, 3.8) is 0 Å². The fraction of sp³-hybridized carbons (Fsp3) is 0.571. The SMILES string of the molecule is CC(C)(C)C(O)CCNS(=O)(=O)Cc1ccccc1Cl. The van der Waals surface area contributed by atoms with Crippen molar-refractivity contribution in [3.8, 4) is 0 Å². The van der Waals surface area contributed by atoms with Crippen molar-refractivity contribution >= 4 is 21.6 Å². The van der Waals surface area contributed by atoms with E-state index in [0.717, 1.165) is 0 Å². The monoisotopic (exact) mass is 319 g/mol. The van der Waals surface area contributed by atoms with E-state index in [1.807, 2.05) is 20.8 Å². The predicted octanol–water partition coefficient (Wildman–Crippen LogP) is 2.56. The van der Waals surface area contributed by atoms with Crippen LogP contribution in [0.4, 0.5) is 0 Å². The Kier molecular flexibility index (Phi) is 6.01. The topological polar surface area (TPSA) is 66.4 Å². The van der Waals surface area contributed by atoms with Crippen LogP contribution in [-0.4, -0.2) is 26.2 Å². The average Bonchev–Trinajstić information content (AvgIpc) is 2.30. The molecule has 0 aliphatic carbocycles. The number of benzene rings is 1. The summed E-state index contributed by atoms with van der Waals surface area (Å²) in [6.45, 7) is 5.95. The Morgan fingerprint density at radius 3 is 2.45 bits per heavy atom. The molecule has 1 aromatic rings. The van der Waals surface area contributed by atoms with E-state index in [4.69, 9.17) is 11.6 Å². The molecular formula is C14H22ClNO3S. The smallest absolute Gasteiger partial charge is 0.215 e. The first kappa shape index (κ1) is 17.4. The summed E-state index contributed by atoms with van der Waals surface area (Å²) in [4.78, 5) is 0. The Hall–Kier alpha value is -0.620. The van der Waals surface area contributed by atoms with Crippen LogP contribution in [0.15, 0.2) is 24.3 Å². The number of halogens is 1. The largest absolute Gasteiger partial charge is 0.393 e. The first-order valence-electron chi connectivity index (χ1n) is 6.50. The maximum atomic E-state index is 11.9. The number of aliphatic hydroxyl groups is 1. The third-order valence-electron chi connectivity index (χ3n) is 3.04. The lowest BCUT2D eigenvalue weighted by Gasteiger charge is -2.25. The summed E-state index contributed by atoms with van der Waals surface area (Å²) in [5.41, 5.74) is 0.312. The van der Waals surface area contributed by atoms with Crippen LogP contribution in [0, 0.1) is 5.41 Å². The maximum absolute atomic E-state index is 11.9. The van der Waals surface area contributed by atoms with Crippen LogP contribution in [0.5, 0.6) is 0 Å². The van der Waals surface area contributed by atoms with E-state index in [9.17, 15) is 13.5 Å². The zero-order chi connectivity index (χ0) is 15.4. The molecule has 1 unspecified atom stereocenters. The van der Waals surface area contributed by atoms with Gasteiger partial charge in [0.25, 0.3) is 0 Å². The summed E-state index contributed by atoms with van der Waals surface area (Å²) in [7, 11) is -3.44. The zero-order valence-corrected chi connectivity index (χ0v) is 13.6. The number of rotatable bonds is 6. The van der Waals surface area contributed by atoms with Crippen molar-refractivity contribution in [2.24, 2.45) is 5.41 Å². The van der Waals surface area contributed by atoms with Crippen LogP contribution < -0.4 is 4.72 Å². The molecular weight excluding hydrogens is 298 g/mol. The molecule has 2 N–H and O–H groups in total. The number of aliphatic hydroxyl groups excluding tert-OH is 1. The molecule has 0 amide bonds. The van der Waals surface area contributed by atoms with Crippen molar-refractivity contribution in [2.45, 2.75) is 39.0 Å². The maximum Gasteiger partial charge on any atom is 0.215 e. The van der Waals surface area contributed by atoms with Crippen molar-refractivity contribution in [2.75, 3.05) is 6.54 Å². The number of hydrogen-bond donors (Lipinski definition) is 2. The molecule has 0 aliphatic rings. The molecule has 0 spiro atoms. The van der Waals surface area contributed by atoms with Gasteiger partial charge >= 0.3 is 0 Å². The second kappa shape index (κ2) is 6.89. The van der Waals surface area contributed by atoms with Crippen molar-refractivity contribution in [3.05, 3.63) is 34.9 Å². The van der Waals surface area contributed by atoms with Gasteiger partial charge in [0.15, 0.2) is 0 Å². The van der Waals surface area contributed by atoms with Crippen LogP contribution >= 0.6 is 11.6 Å². The van der Waals surface area contributed by atoms with Gasteiger partial charge in [-0.15, -0.1) is 0 Å². The highest BCUT2D eigenvalue weighted by Crippen LogP contribution is 2.21. The van der Waals surface area contributed by atoms with E-state index in [0.29, 0.717) is 17.0 Å². The molecule has 0 saturated heterocycles. The Balaban J connectivity index is 2.53. The first-order chi connectivity index (χ1) is 9.12. The van der Waals surface area contributed by atoms with Crippen molar-refractivity contribution in [1.82, 2.24) is 4.72 Å². The van der Waals surface area contributed by atoms with E-state index in [2.05, 4.69) is 4.72 Å². The molecule has 0 bridgehead atoms.